The first-order valence-corrected chi connectivity index (χ1v) is 9.31. The number of nitrogens with one attached hydrogen (secondary N) is 1. The zero-order chi connectivity index (χ0) is 14.1. The summed E-state index contributed by atoms with van der Waals surface area (Å²) >= 11 is 0. The van der Waals surface area contributed by atoms with Crippen LogP contribution in [-0.4, -0.2) is 46.7 Å². The lowest BCUT2D eigenvalue weighted by Gasteiger charge is -2.23. The molecule has 0 saturated carbocycles. The van der Waals surface area contributed by atoms with Gasteiger partial charge in [0.25, 0.3) is 0 Å². The van der Waals surface area contributed by atoms with Crippen LogP contribution in [0.1, 0.15) is 39.0 Å². The van der Waals surface area contributed by atoms with Crippen LogP contribution in [0.2, 0.25) is 0 Å². The van der Waals surface area contributed by atoms with Crippen LogP contribution in [0.25, 0.3) is 0 Å². The number of hydrogen-bond acceptors (Lipinski definition) is 4. The molecule has 5 heteroatoms. The highest BCUT2D eigenvalue weighted by atomic mass is 32.2. The smallest absolute Gasteiger partial charge is 0.150 e. The zero-order valence-corrected chi connectivity index (χ0v) is 13.2. The average Bonchev–Trinajstić information content (AvgIpc) is 2.73. The van der Waals surface area contributed by atoms with Crippen LogP contribution in [-0.2, 0) is 14.6 Å². The molecule has 0 aromatic rings. The van der Waals surface area contributed by atoms with E-state index in [0.717, 1.165) is 51.8 Å². The predicted molar refractivity (Wildman–Crippen MR) is 79.1 cm³/mol. The Hall–Kier alpha value is -0.130. The molecule has 0 bridgehead atoms. The van der Waals surface area contributed by atoms with E-state index in [1.54, 1.807) is 7.11 Å². The van der Waals surface area contributed by atoms with Crippen molar-refractivity contribution in [3.05, 3.63) is 0 Å². The van der Waals surface area contributed by atoms with Crippen molar-refractivity contribution in [2.45, 2.75) is 39.0 Å². The highest BCUT2D eigenvalue weighted by Crippen LogP contribution is 2.29. The number of hydrogen-bond donors (Lipinski definition) is 1. The lowest BCUT2D eigenvalue weighted by molar-refractivity contribution is 0.187. The van der Waals surface area contributed by atoms with E-state index in [1.165, 1.54) is 0 Å². The lowest BCUT2D eigenvalue weighted by atomic mass is 9.87. The Kier molecular flexibility index (Phi) is 7.95. The van der Waals surface area contributed by atoms with Gasteiger partial charge in [-0.2, -0.15) is 0 Å². The van der Waals surface area contributed by atoms with Crippen LogP contribution in [0.5, 0.6) is 0 Å². The molecule has 0 aliphatic carbocycles. The first kappa shape index (κ1) is 16.9. The molecule has 0 radical (unpaired) electrons. The van der Waals surface area contributed by atoms with E-state index in [1.807, 2.05) is 0 Å². The summed E-state index contributed by atoms with van der Waals surface area (Å²) in [4.78, 5) is 0. The minimum absolute atomic E-state index is 0.358. The molecule has 1 aliphatic heterocycles. The standard InChI is InChI=1S/C14H29NO3S/c1-3-8-15-11-13(6-4-5-9-18-2)14-7-10-19(16,17)12-14/h13-15H,3-12H2,1-2H3. The molecule has 0 aromatic carbocycles. The summed E-state index contributed by atoms with van der Waals surface area (Å²) in [7, 11) is -1.03. The Labute approximate surface area is 118 Å². The van der Waals surface area contributed by atoms with Gasteiger partial charge in [-0.25, -0.2) is 8.42 Å². The number of sulfone groups is 1. The fourth-order valence-electron chi connectivity index (χ4n) is 2.82. The van der Waals surface area contributed by atoms with Crippen molar-refractivity contribution in [2.24, 2.45) is 11.8 Å². The van der Waals surface area contributed by atoms with Crippen LogP contribution in [0, 0.1) is 11.8 Å². The molecule has 0 spiro atoms. The molecule has 0 aromatic heterocycles. The molecule has 1 rings (SSSR count). The minimum atomic E-state index is -2.76. The van der Waals surface area contributed by atoms with Crippen LogP contribution >= 0.6 is 0 Å². The molecule has 1 N–H and O–H groups in total. The van der Waals surface area contributed by atoms with Crippen LogP contribution in [0.15, 0.2) is 0 Å². The van der Waals surface area contributed by atoms with Crippen LogP contribution in [0.4, 0.5) is 0 Å². The maximum Gasteiger partial charge on any atom is 0.150 e. The van der Waals surface area contributed by atoms with E-state index in [-0.39, 0.29) is 0 Å². The molecule has 1 fully saturated rings. The Morgan fingerprint density at radius 1 is 1.37 bits per heavy atom. The van der Waals surface area contributed by atoms with Gasteiger partial charge < -0.3 is 10.1 Å². The Morgan fingerprint density at radius 2 is 2.16 bits per heavy atom. The van der Waals surface area contributed by atoms with E-state index in [2.05, 4.69) is 12.2 Å². The third-order valence-corrected chi connectivity index (χ3v) is 5.73. The maximum absolute atomic E-state index is 11.6. The second-order valence-electron chi connectivity index (χ2n) is 5.62. The van der Waals surface area contributed by atoms with Gasteiger partial charge in [-0.3, -0.25) is 0 Å². The molecule has 2 atom stereocenters. The lowest BCUT2D eigenvalue weighted by Crippen LogP contribution is -2.29. The normalized spacial score (nSPS) is 23.6. The second-order valence-corrected chi connectivity index (χ2v) is 7.84. The van der Waals surface area contributed by atoms with Crippen LogP contribution in [0.3, 0.4) is 0 Å². The van der Waals surface area contributed by atoms with Gasteiger partial charge in [0.1, 0.15) is 0 Å². The molecule has 1 saturated heterocycles. The average molecular weight is 291 g/mol. The Morgan fingerprint density at radius 3 is 2.74 bits per heavy atom. The van der Waals surface area contributed by atoms with Crippen molar-refractivity contribution in [1.82, 2.24) is 5.32 Å². The second kappa shape index (κ2) is 8.93. The van der Waals surface area contributed by atoms with Crippen molar-refractivity contribution in [1.29, 1.82) is 0 Å². The molecule has 1 heterocycles. The maximum atomic E-state index is 11.6. The molecule has 114 valence electrons. The van der Waals surface area contributed by atoms with Crippen molar-refractivity contribution in [2.75, 3.05) is 38.3 Å². The molecule has 4 nitrogen and oxygen atoms in total. The summed E-state index contributed by atoms with van der Waals surface area (Å²) < 4.78 is 28.3. The summed E-state index contributed by atoms with van der Waals surface area (Å²) in [5.74, 6) is 1.65. The fourth-order valence-corrected chi connectivity index (χ4v) is 4.74. The van der Waals surface area contributed by atoms with E-state index in [9.17, 15) is 8.42 Å². The third-order valence-electron chi connectivity index (χ3n) is 3.94. The highest BCUT2D eigenvalue weighted by molar-refractivity contribution is 7.91. The van der Waals surface area contributed by atoms with Gasteiger partial charge in [-0.15, -0.1) is 0 Å². The molecule has 0 amide bonds. The summed E-state index contributed by atoms with van der Waals surface area (Å²) in [6.07, 6.45) is 5.29. The van der Waals surface area contributed by atoms with Crippen LogP contribution < -0.4 is 5.32 Å². The largest absolute Gasteiger partial charge is 0.385 e. The number of ether oxygens (including phenoxy) is 1. The quantitative estimate of drug-likeness (QED) is 0.624. The SMILES string of the molecule is CCCNCC(CCCCOC)C1CCS(=O)(=O)C1. The summed E-state index contributed by atoms with van der Waals surface area (Å²) in [6, 6.07) is 0. The van der Waals surface area contributed by atoms with Crippen molar-refractivity contribution in [3.63, 3.8) is 0 Å². The number of unbranched alkanes of at least 4 members (excludes halogenated alkanes) is 1. The van der Waals surface area contributed by atoms with Gasteiger partial charge in [0.2, 0.25) is 0 Å². The topological polar surface area (TPSA) is 55.4 Å². The van der Waals surface area contributed by atoms with E-state index in [0.29, 0.717) is 23.3 Å². The van der Waals surface area contributed by atoms with Gasteiger partial charge in [0.05, 0.1) is 11.5 Å². The monoisotopic (exact) mass is 291 g/mol. The van der Waals surface area contributed by atoms with Gasteiger partial charge in [0.15, 0.2) is 9.84 Å². The van der Waals surface area contributed by atoms with E-state index < -0.39 is 9.84 Å². The summed E-state index contributed by atoms with van der Waals surface area (Å²) in [6.45, 7) is 4.94. The third kappa shape index (κ3) is 6.72. The highest BCUT2D eigenvalue weighted by Gasteiger charge is 2.32. The summed E-state index contributed by atoms with van der Waals surface area (Å²) in [5, 5.41) is 3.45. The molecule has 2 unspecified atom stereocenters. The molecular weight excluding hydrogens is 262 g/mol. The Balaban J connectivity index is 2.39. The summed E-state index contributed by atoms with van der Waals surface area (Å²) in [5.41, 5.74) is 0. The zero-order valence-electron chi connectivity index (χ0n) is 12.4. The molecular formula is C14H29NO3S. The Bertz CT molecular complexity index is 330. The van der Waals surface area contributed by atoms with Crippen molar-refractivity contribution in [3.8, 4) is 0 Å². The fraction of sp³-hybridized carbons (Fsp3) is 1.00. The number of methoxy groups -OCH3 is 1. The van der Waals surface area contributed by atoms with Crippen molar-refractivity contribution < 1.29 is 13.2 Å². The predicted octanol–water partition coefficient (Wildman–Crippen LogP) is 1.85. The first-order chi connectivity index (χ1) is 9.09. The number of rotatable bonds is 10. The van der Waals surface area contributed by atoms with Gasteiger partial charge in [0, 0.05) is 13.7 Å². The van der Waals surface area contributed by atoms with E-state index >= 15 is 0 Å². The molecule has 19 heavy (non-hydrogen) atoms. The minimum Gasteiger partial charge on any atom is -0.385 e. The van der Waals surface area contributed by atoms with E-state index in [4.69, 9.17) is 4.74 Å². The first-order valence-electron chi connectivity index (χ1n) is 7.49. The van der Waals surface area contributed by atoms with Gasteiger partial charge in [-0.05, 0) is 50.6 Å². The molecule has 1 aliphatic rings. The van der Waals surface area contributed by atoms with Crippen molar-refractivity contribution >= 4 is 9.84 Å². The van der Waals surface area contributed by atoms with Gasteiger partial charge in [-0.1, -0.05) is 13.3 Å². The van der Waals surface area contributed by atoms with Gasteiger partial charge >= 0.3 is 0 Å².